The van der Waals surface area contributed by atoms with Crippen molar-refractivity contribution in [1.82, 2.24) is 4.98 Å². The van der Waals surface area contributed by atoms with Gasteiger partial charge in [-0.15, -0.1) is 0 Å². The molecular weight excluding hydrogens is 252 g/mol. The van der Waals surface area contributed by atoms with E-state index in [0.717, 1.165) is 30.5 Å². The lowest BCUT2D eigenvalue weighted by molar-refractivity contribution is 0.101. The minimum absolute atomic E-state index is 0.169. The van der Waals surface area contributed by atoms with E-state index in [1.807, 2.05) is 6.92 Å². The van der Waals surface area contributed by atoms with Crippen LogP contribution in [0.25, 0.3) is 0 Å². The molecule has 1 aliphatic rings. The summed E-state index contributed by atoms with van der Waals surface area (Å²) in [6.45, 7) is 8.48. The molecule has 1 heterocycles. The molecular formula is C16H26N2O2. The highest BCUT2D eigenvalue weighted by Gasteiger charge is 2.27. The summed E-state index contributed by atoms with van der Waals surface area (Å²) in [5.74, 6) is 1.94. The summed E-state index contributed by atoms with van der Waals surface area (Å²) in [4.78, 5) is 14.6. The summed E-state index contributed by atoms with van der Waals surface area (Å²) in [6.07, 6.45) is 4.31. The number of ether oxygens (including phenoxy) is 1. The fourth-order valence-electron chi connectivity index (χ4n) is 3.45. The molecule has 0 aromatic carbocycles. The second-order valence-electron chi connectivity index (χ2n) is 6.31. The molecule has 0 saturated heterocycles. The van der Waals surface area contributed by atoms with Crippen LogP contribution in [-0.2, 0) is 6.42 Å². The third-order valence-corrected chi connectivity index (χ3v) is 4.29. The Kier molecular flexibility index (Phi) is 4.41. The Labute approximate surface area is 120 Å². The molecule has 1 aromatic rings. The summed E-state index contributed by atoms with van der Waals surface area (Å²) in [6, 6.07) is 0. The van der Waals surface area contributed by atoms with Crippen LogP contribution < -0.4 is 16.0 Å². The number of hydrogen-bond donors (Lipinski definition) is 2. The maximum absolute atomic E-state index is 11.8. The van der Waals surface area contributed by atoms with Gasteiger partial charge in [0.2, 0.25) is 0 Å². The van der Waals surface area contributed by atoms with Crippen molar-refractivity contribution in [3.05, 3.63) is 21.6 Å². The van der Waals surface area contributed by atoms with Gasteiger partial charge in [-0.3, -0.25) is 4.79 Å². The molecule has 0 bridgehead atoms. The van der Waals surface area contributed by atoms with E-state index in [4.69, 9.17) is 10.5 Å². The highest BCUT2D eigenvalue weighted by molar-refractivity contribution is 5.56. The van der Waals surface area contributed by atoms with Gasteiger partial charge in [0.1, 0.15) is 5.69 Å². The van der Waals surface area contributed by atoms with Crippen molar-refractivity contribution < 1.29 is 4.74 Å². The monoisotopic (exact) mass is 278 g/mol. The smallest absolute Gasteiger partial charge is 0.275 e. The van der Waals surface area contributed by atoms with Crippen molar-refractivity contribution in [3.8, 4) is 5.75 Å². The van der Waals surface area contributed by atoms with Gasteiger partial charge in [0, 0.05) is 11.3 Å². The second-order valence-corrected chi connectivity index (χ2v) is 6.31. The summed E-state index contributed by atoms with van der Waals surface area (Å²) >= 11 is 0. The minimum Gasteiger partial charge on any atom is -0.488 e. The molecule has 4 nitrogen and oxygen atoms in total. The maximum Gasteiger partial charge on any atom is 0.275 e. The van der Waals surface area contributed by atoms with Gasteiger partial charge in [-0.05, 0) is 44.4 Å². The predicted molar refractivity (Wildman–Crippen MR) is 82.2 cm³/mol. The highest BCUT2D eigenvalue weighted by atomic mass is 16.5. The van der Waals surface area contributed by atoms with Gasteiger partial charge in [-0.1, -0.05) is 20.8 Å². The van der Waals surface area contributed by atoms with Crippen molar-refractivity contribution in [3.63, 3.8) is 0 Å². The van der Waals surface area contributed by atoms with Crippen LogP contribution >= 0.6 is 0 Å². The average molecular weight is 278 g/mol. The number of H-pyrrole nitrogens is 1. The Bertz CT molecular complexity index is 526. The number of nitrogen functional groups attached to an aromatic ring is 1. The summed E-state index contributed by atoms with van der Waals surface area (Å²) < 4.78 is 6.17. The molecule has 2 unspecified atom stereocenters. The fraction of sp³-hybridized carbons (Fsp3) is 0.688. The van der Waals surface area contributed by atoms with E-state index >= 15 is 0 Å². The van der Waals surface area contributed by atoms with E-state index in [1.165, 1.54) is 6.42 Å². The number of aromatic nitrogens is 1. The molecule has 20 heavy (non-hydrogen) atoms. The number of anilines is 1. The first kappa shape index (κ1) is 14.9. The average Bonchev–Trinajstić information content (AvgIpc) is 2.34. The second kappa shape index (κ2) is 5.90. The van der Waals surface area contributed by atoms with Gasteiger partial charge in [0.15, 0.2) is 5.75 Å². The van der Waals surface area contributed by atoms with Gasteiger partial charge in [-0.25, -0.2) is 0 Å². The topological polar surface area (TPSA) is 68.1 Å². The zero-order valence-corrected chi connectivity index (χ0v) is 13.0. The quantitative estimate of drug-likeness (QED) is 0.893. The standard InChI is InChI=1S/C16H26N2O2/c1-5-13-11(4)18-16(19)14(17)15(13)20-12-7-9(2)6-10(3)8-12/h9-10,12H,5-8,17H2,1-4H3,(H,18,19). The van der Waals surface area contributed by atoms with Gasteiger partial charge in [-0.2, -0.15) is 0 Å². The molecule has 0 amide bonds. The van der Waals surface area contributed by atoms with E-state index in [9.17, 15) is 4.79 Å². The van der Waals surface area contributed by atoms with Crippen LogP contribution in [0.4, 0.5) is 5.69 Å². The van der Waals surface area contributed by atoms with Gasteiger partial charge in [0.25, 0.3) is 5.56 Å². The van der Waals surface area contributed by atoms with Crippen molar-refractivity contribution >= 4 is 5.69 Å². The molecule has 3 N–H and O–H groups in total. The molecule has 1 saturated carbocycles. The predicted octanol–water partition coefficient (Wildman–Crippen LogP) is 3.03. The molecule has 2 atom stereocenters. The summed E-state index contributed by atoms with van der Waals surface area (Å²) in [5.41, 5.74) is 7.80. The van der Waals surface area contributed by atoms with Crippen LogP contribution in [0.2, 0.25) is 0 Å². The Hall–Kier alpha value is -1.45. The fourth-order valence-corrected chi connectivity index (χ4v) is 3.45. The lowest BCUT2D eigenvalue weighted by Crippen LogP contribution is -2.30. The number of aromatic amines is 1. The Morgan fingerprint density at radius 3 is 2.40 bits per heavy atom. The van der Waals surface area contributed by atoms with Crippen molar-refractivity contribution in [2.75, 3.05) is 5.73 Å². The van der Waals surface area contributed by atoms with Crippen LogP contribution in [0.15, 0.2) is 4.79 Å². The first-order chi connectivity index (χ1) is 9.42. The zero-order chi connectivity index (χ0) is 14.9. The SMILES string of the molecule is CCc1c(C)[nH]c(=O)c(N)c1OC1CC(C)CC(C)C1. The van der Waals surface area contributed by atoms with Gasteiger partial charge < -0.3 is 15.5 Å². The van der Waals surface area contributed by atoms with Crippen molar-refractivity contribution in [1.29, 1.82) is 0 Å². The zero-order valence-electron chi connectivity index (χ0n) is 13.0. The molecule has 1 fully saturated rings. The lowest BCUT2D eigenvalue weighted by Gasteiger charge is -2.32. The Morgan fingerprint density at radius 1 is 1.25 bits per heavy atom. The van der Waals surface area contributed by atoms with Crippen LogP contribution in [-0.4, -0.2) is 11.1 Å². The number of pyridine rings is 1. The number of nitrogens with one attached hydrogen (secondary N) is 1. The normalized spacial score (nSPS) is 26.5. The third-order valence-electron chi connectivity index (χ3n) is 4.29. The van der Waals surface area contributed by atoms with E-state index in [1.54, 1.807) is 0 Å². The largest absolute Gasteiger partial charge is 0.488 e. The number of hydrogen-bond acceptors (Lipinski definition) is 3. The molecule has 2 rings (SSSR count). The van der Waals surface area contributed by atoms with Gasteiger partial charge in [0.05, 0.1) is 6.10 Å². The number of aryl methyl sites for hydroxylation is 1. The highest BCUT2D eigenvalue weighted by Crippen LogP contribution is 2.34. The molecule has 1 aromatic heterocycles. The minimum atomic E-state index is -0.244. The van der Waals surface area contributed by atoms with Crippen LogP contribution in [0.1, 0.15) is 51.3 Å². The maximum atomic E-state index is 11.8. The lowest BCUT2D eigenvalue weighted by atomic mass is 9.82. The van der Waals surface area contributed by atoms with E-state index < -0.39 is 0 Å². The molecule has 0 radical (unpaired) electrons. The Balaban J connectivity index is 2.31. The van der Waals surface area contributed by atoms with Crippen LogP contribution in [0, 0.1) is 18.8 Å². The molecule has 112 valence electrons. The van der Waals surface area contributed by atoms with Crippen LogP contribution in [0.5, 0.6) is 5.75 Å². The Morgan fingerprint density at radius 2 is 1.85 bits per heavy atom. The third kappa shape index (κ3) is 3.00. The van der Waals surface area contributed by atoms with Crippen molar-refractivity contribution in [2.24, 2.45) is 11.8 Å². The molecule has 0 aliphatic heterocycles. The first-order valence-corrected chi connectivity index (χ1v) is 7.60. The summed E-state index contributed by atoms with van der Waals surface area (Å²) in [7, 11) is 0. The molecule has 1 aliphatic carbocycles. The van der Waals surface area contributed by atoms with Gasteiger partial charge >= 0.3 is 0 Å². The molecule has 4 heteroatoms. The van der Waals surface area contributed by atoms with Crippen LogP contribution in [0.3, 0.4) is 0 Å². The molecule has 0 spiro atoms. The van der Waals surface area contributed by atoms with E-state index in [0.29, 0.717) is 17.6 Å². The first-order valence-electron chi connectivity index (χ1n) is 7.60. The number of nitrogens with two attached hydrogens (primary N) is 1. The number of rotatable bonds is 3. The van der Waals surface area contributed by atoms with Crippen molar-refractivity contribution in [2.45, 2.75) is 59.5 Å². The summed E-state index contributed by atoms with van der Waals surface area (Å²) in [5, 5.41) is 0. The van der Waals surface area contributed by atoms with E-state index in [2.05, 4.69) is 25.8 Å². The van der Waals surface area contributed by atoms with E-state index in [-0.39, 0.29) is 17.4 Å².